The van der Waals surface area contributed by atoms with Gasteiger partial charge < -0.3 is 15.0 Å². The van der Waals surface area contributed by atoms with E-state index in [-0.39, 0.29) is 19.2 Å². The molecule has 6 heteroatoms. The van der Waals surface area contributed by atoms with Crippen LogP contribution in [0, 0.1) is 0 Å². The first-order valence-electron chi connectivity index (χ1n) is 6.41. The Morgan fingerprint density at radius 1 is 1.50 bits per heavy atom. The summed E-state index contributed by atoms with van der Waals surface area (Å²) in [7, 11) is 1.59. The van der Waals surface area contributed by atoms with Gasteiger partial charge in [-0.05, 0) is 12.5 Å². The lowest BCUT2D eigenvalue weighted by Gasteiger charge is -2.41. The molecule has 0 bridgehead atoms. The number of alkyl halides is 1. The fraction of sp³-hybridized carbons (Fsp3) is 0.429. The van der Waals surface area contributed by atoms with Crippen molar-refractivity contribution in [1.29, 1.82) is 0 Å². The molecule has 1 heterocycles. The van der Waals surface area contributed by atoms with E-state index in [0.717, 1.165) is 5.56 Å². The first kappa shape index (κ1) is 14.7. The zero-order valence-electron chi connectivity index (χ0n) is 11.4. The monoisotopic (exact) mass is 296 g/mol. The third-order valence-electron chi connectivity index (χ3n) is 3.29. The summed E-state index contributed by atoms with van der Waals surface area (Å²) in [6.45, 7) is 2.06. The van der Waals surface area contributed by atoms with Crippen molar-refractivity contribution in [2.24, 2.45) is 0 Å². The molecule has 108 valence electrons. The van der Waals surface area contributed by atoms with Crippen LogP contribution in [0.15, 0.2) is 30.3 Å². The summed E-state index contributed by atoms with van der Waals surface area (Å²) < 4.78 is 5.07. The van der Waals surface area contributed by atoms with Crippen molar-refractivity contribution in [2.75, 3.05) is 20.2 Å². The number of carbonyl (C=O) groups is 2. The van der Waals surface area contributed by atoms with Crippen molar-refractivity contribution in [3.05, 3.63) is 35.9 Å². The number of rotatable bonds is 3. The van der Waals surface area contributed by atoms with Crippen LogP contribution in [-0.2, 0) is 9.53 Å². The maximum atomic E-state index is 12.2. The van der Waals surface area contributed by atoms with Crippen molar-refractivity contribution in [3.63, 3.8) is 0 Å². The van der Waals surface area contributed by atoms with Crippen LogP contribution in [0.5, 0.6) is 0 Å². The number of nitrogens with zero attached hydrogens (tertiary/aromatic N) is 1. The van der Waals surface area contributed by atoms with Crippen LogP contribution in [0.25, 0.3) is 0 Å². The first-order valence-corrected chi connectivity index (χ1v) is 6.79. The Kier molecular flexibility index (Phi) is 4.18. The lowest BCUT2D eigenvalue weighted by atomic mass is 9.90. The number of nitrogens with one attached hydrogen (secondary N) is 1. The molecule has 1 aliphatic heterocycles. The summed E-state index contributed by atoms with van der Waals surface area (Å²) in [4.78, 5) is 24.1. The van der Waals surface area contributed by atoms with Crippen molar-refractivity contribution in [2.45, 2.75) is 17.8 Å². The zero-order chi connectivity index (χ0) is 14.8. The van der Waals surface area contributed by atoms with Crippen molar-refractivity contribution >= 4 is 23.6 Å². The van der Waals surface area contributed by atoms with Crippen LogP contribution < -0.4 is 5.32 Å². The highest BCUT2D eigenvalue weighted by Crippen LogP contribution is 2.37. The molecule has 5 nitrogen and oxygen atoms in total. The fourth-order valence-corrected chi connectivity index (χ4v) is 2.70. The number of hydrogen-bond acceptors (Lipinski definition) is 3. The number of amides is 2. The molecule has 1 aromatic rings. The van der Waals surface area contributed by atoms with Crippen LogP contribution >= 0.6 is 11.6 Å². The van der Waals surface area contributed by atoms with Crippen molar-refractivity contribution < 1.29 is 14.3 Å². The van der Waals surface area contributed by atoms with E-state index in [1.807, 2.05) is 30.3 Å². The molecule has 2 rings (SSSR count). The van der Waals surface area contributed by atoms with Gasteiger partial charge in [0.15, 0.2) is 4.87 Å². The van der Waals surface area contributed by atoms with Gasteiger partial charge >= 0.3 is 12.0 Å². The molecule has 0 spiro atoms. The number of hydrogen-bond donors (Lipinski definition) is 1. The van der Waals surface area contributed by atoms with Crippen LogP contribution in [-0.4, -0.2) is 42.0 Å². The molecule has 0 saturated carbocycles. The number of halogens is 1. The van der Waals surface area contributed by atoms with Gasteiger partial charge in [-0.2, -0.15) is 0 Å². The van der Waals surface area contributed by atoms with Gasteiger partial charge in [-0.1, -0.05) is 30.3 Å². The average Bonchev–Trinajstić information content (AvgIpc) is 2.44. The lowest BCUT2D eigenvalue weighted by molar-refractivity contribution is -0.148. The van der Waals surface area contributed by atoms with Crippen LogP contribution in [0.2, 0.25) is 0 Å². The normalized spacial score (nSPS) is 26.1. The molecule has 0 radical (unpaired) electrons. The number of carbonyl (C=O) groups excluding carboxylic acids is 2. The molecule has 20 heavy (non-hydrogen) atoms. The molecule has 0 aliphatic carbocycles. The Hall–Kier alpha value is -1.75. The second-order valence-corrected chi connectivity index (χ2v) is 5.41. The Morgan fingerprint density at radius 2 is 2.15 bits per heavy atom. The topological polar surface area (TPSA) is 58.6 Å². The first-order chi connectivity index (χ1) is 9.49. The highest BCUT2D eigenvalue weighted by atomic mass is 35.5. The van der Waals surface area contributed by atoms with E-state index in [2.05, 4.69) is 5.32 Å². The summed E-state index contributed by atoms with van der Waals surface area (Å²) in [6.07, 6.45) is 0. The molecule has 1 aromatic carbocycles. The van der Waals surface area contributed by atoms with E-state index in [0.29, 0.717) is 0 Å². The van der Waals surface area contributed by atoms with E-state index in [9.17, 15) is 9.59 Å². The van der Waals surface area contributed by atoms with Crippen LogP contribution in [0.4, 0.5) is 4.79 Å². The Bertz CT molecular complexity index is 508. The second-order valence-electron chi connectivity index (χ2n) is 4.73. The highest BCUT2D eigenvalue weighted by molar-refractivity contribution is 6.35. The highest BCUT2D eigenvalue weighted by Gasteiger charge is 2.51. The van der Waals surface area contributed by atoms with Gasteiger partial charge in [-0.3, -0.25) is 0 Å². The van der Waals surface area contributed by atoms with E-state index in [4.69, 9.17) is 16.3 Å². The molecular formula is C14H17ClN2O3. The zero-order valence-corrected chi connectivity index (χ0v) is 12.2. The maximum absolute atomic E-state index is 12.2. The largest absolute Gasteiger partial charge is 0.465 e. The van der Waals surface area contributed by atoms with Gasteiger partial charge in [0.2, 0.25) is 0 Å². The van der Waals surface area contributed by atoms with Gasteiger partial charge in [-0.25, -0.2) is 9.59 Å². The quantitative estimate of drug-likeness (QED) is 0.685. The molecule has 2 amide bonds. The van der Waals surface area contributed by atoms with Crippen LogP contribution in [0.1, 0.15) is 18.5 Å². The minimum atomic E-state index is -1.33. The molecule has 2 unspecified atom stereocenters. The predicted octanol–water partition coefficient (Wildman–Crippen LogP) is 1.92. The average molecular weight is 297 g/mol. The molecule has 0 aromatic heterocycles. The summed E-state index contributed by atoms with van der Waals surface area (Å²) in [5, 5.41) is 2.77. The summed E-state index contributed by atoms with van der Waals surface area (Å²) in [5.74, 6) is -0.526. The number of urea groups is 1. The van der Waals surface area contributed by atoms with Gasteiger partial charge in [0.05, 0.1) is 19.2 Å². The lowest BCUT2D eigenvalue weighted by Crippen LogP contribution is -2.62. The minimum Gasteiger partial charge on any atom is -0.465 e. The SMILES string of the molecule is CCOC(=O)C1(Cl)CN(C)C(=O)NC1c1ccccc1. The standard InChI is InChI=1S/C14H17ClN2O3/c1-3-20-12(18)14(15)9-17(2)13(19)16-11(14)10-7-5-4-6-8-10/h4-8,11H,3,9H2,1-2H3,(H,16,19). The molecule has 1 N–H and O–H groups in total. The van der Waals surface area contributed by atoms with E-state index in [1.54, 1.807) is 14.0 Å². The van der Waals surface area contributed by atoms with Gasteiger partial charge in [0, 0.05) is 7.05 Å². The molecule has 1 aliphatic rings. The van der Waals surface area contributed by atoms with E-state index >= 15 is 0 Å². The summed E-state index contributed by atoms with van der Waals surface area (Å²) >= 11 is 6.53. The van der Waals surface area contributed by atoms with E-state index in [1.165, 1.54) is 4.90 Å². The Balaban J connectivity index is 2.38. The van der Waals surface area contributed by atoms with Gasteiger partial charge in [0.1, 0.15) is 0 Å². The smallest absolute Gasteiger partial charge is 0.331 e. The third-order valence-corrected chi connectivity index (χ3v) is 3.78. The van der Waals surface area contributed by atoms with Crippen LogP contribution in [0.3, 0.4) is 0 Å². The number of benzene rings is 1. The van der Waals surface area contributed by atoms with Gasteiger partial charge in [0.25, 0.3) is 0 Å². The Morgan fingerprint density at radius 3 is 2.75 bits per heavy atom. The van der Waals surface area contributed by atoms with E-state index < -0.39 is 16.9 Å². The molecule has 2 atom stereocenters. The number of esters is 1. The number of ether oxygens (including phenoxy) is 1. The van der Waals surface area contributed by atoms with Gasteiger partial charge in [-0.15, -0.1) is 11.6 Å². The van der Waals surface area contributed by atoms with Crippen molar-refractivity contribution in [3.8, 4) is 0 Å². The third kappa shape index (κ3) is 2.58. The molecule has 1 fully saturated rings. The molecular weight excluding hydrogens is 280 g/mol. The molecule has 1 saturated heterocycles. The second kappa shape index (κ2) is 5.71. The maximum Gasteiger partial charge on any atom is 0.331 e. The fourth-order valence-electron chi connectivity index (χ4n) is 2.28. The summed E-state index contributed by atoms with van der Waals surface area (Å²) in [6, 6.07) is 8.30. The predicted molar refractivity (Wildman–Crippen MR) is 75.6 cm³/mol. The minimum absolute atomic E-state index is 0.0960. The summed E-state index contributed by atoms with van der Waals surface area (Å²) in [5.41, 5.74) is 0.775. The Labute approximate surface area is 122 Å². The van der Waals surface area contributed by atoms with Crippen molar-refractivity contribution in [1.82, 2.24) is 10.2 Å².